The van der Waals surface area contributed by atoms with Crippen molar-refractivity contribution >= 4 is 15.1 Å². The van der Waals surface area contributed by atoms with Crippen molar-refractivity contribution < 1.29 is 0 Å². The molecular formula is C11H17N2P. The van der Waals surface area contributed by atoms with Gasteiger partial charge in [0.05, 0.1) is 0 Å². The van der Waals surface area contributed by atoms with Crippen molar-refractivity contribution in [3.05, 3.63) is 29.8 Å². The minimum absolute atomic E-state index is 0.759. The molecule has 0 saturated carbocycles. The average molecular weight is 208 g/mol. The van der Waals surface area contributed by atoms with Gasteiger partial charge in [0.15, 0.2) is 0 Å². The number of benzene rings is 1. The van der Waals surface area contributed by atoms with E-state index in [9.17, 15) is 0 Å². The van der Waals surface area contributed by atoms with E-state index in [2.05, 4.69) is 44.1 Å². The second-order valence-corrected chi connectivity index (χ2v) is 4.08. The summed E-state index contributed by atoms with van der Waals surface area (Å²) in [5.41, 5.74) is 2.64. The van der Waals surface area contributed by atoms with E-state index in [1.165, 1.54) is 18.4 Å². The van der Waals surface area contributed by atoms with Crippen molar-refractivity contribution in [3.63, 3.8) is 0 Å². The minimum atomic E-state index is 0.759. The smallest absolute Gasteiger partial charge is 0.0368 e. The summed E-state index contributed by atoms with van der Waals surface area (Å²) in [7, 11) is 2.52. The van der Waals surface area contributed by atoms with Crippen LogP contribution in [0.2, 0.25) is 0 Å². The molecule has 0 radical (unpaired) electrons. The zero-order valence-electron chi connectivity index (χ0n) is 8.29. The van der Waals surface area contributed by atoms with Gasteiger partial charge in [0, 0.05) is 5.69 Å². The lowest BCUT2D eigenvalue weighted by Gasteiger charge is -2.23. The van der Waals surface area contributed by atoms with E-state index >= 15 is 0 Å². The second-order valence-electron chi connectivity index (χ2n) is 3.79. The van der Waals surface area contributed by atoms with Gasteiger partial charge in [-0.3, -0.25) is 0 Å². The molecule has 3 heteroatoms. The number of hydrogen-bond acceptors (Lipinski definition) is 2. The summed E-state index contributed by atoms with van der Waals surface area (Å²) in [5.74, 6) is 0.759. The summed E-state index contributed by atoms with van der Waals surface area (Å²) in [5, 5.41) is 6.45. The van der Waals surface area contributed by atoms with Crippen LogP contribution in [-0.4, -0.2) is 13.1 Å². The van der Waals surface area contributed by atoms with Crippen LogP contribution >= 0.6 is 9.39 Å². The van der Waals surface area contributed by atoms with Gasteiger partial charge >= 0.3 is 0 Å². The Kier molecular flexibility index (Phi) is 3.39. The van der Waals surface area contributed by atoms with Gasteiger partial charge in [-0.05, 0) is 58.9 Å². The predicted molar refractivity (Wildman–Crippen MR) is 64.6 cm³/mol. The average Bonchev–Trinajstić information content (AvgIpc) is 2.30. The Morgan fingerprint density at radius 3 is 2.36 bits per heavy atom. The lowest BCUT2D eigenvalue weighted by molar-refractivity contribution is 0.460. The van der Waals surface area contributed by atoms with Crippen LogP contribution in [0.5, 0.6) is 0 Å². The lowest BCUT2D eigenvalue weighted by atomic mass is 9.90. The highest BCUT2D eigenvalue weighted by Gasteiger charge is 2.14. The van der Waals surface area contributed by atoms with Gasteiger partial charge in [-0.15, -0.1) is 0 Å². The standard InChI is InChI=1S/C11H17N2P/c14-13-11-3-1-9(2-4-11)10-5-7-12-8-6-10/h1-4,10,12-13H,5-8,14H2. The topological polar surface area (TPSA) is 24.1 Å². The fourth-order valence-corrected chi connectivity index (χ4v) is 2.20. The van der Waals surface area contributed by atoms with E-state index in [-0.39, 0.29) is 0 Å². The van der Waals surface area contributed by atoms with Gasteiger partial charge in [-0.25, -0.2) is 0 Å². The van der Waals surface area contributed by atoms with Crippen molar-refractivity contribution in [2.75, 3.05) is 18.2 Å². The largest absolute Gasteiger partial charge is 0.369 e. The number of piperidine rings is 1. The first kappa shape index (κ1) is 9.95. The van der Waals surface area contributed by atoms with Gasteiger partial charge < -0.3 is 10.4 Å². The zero-order valence-corrected chi connectivity index (χ0v) is 9.45. The molecule has 0 spiro atoms. The van der Waals surface area contributed by atoms with Crippen LogP contribution in [0.4, 0.5) is 5.69 Å². The summed E-state index contributed by atoms with van der Waals surface area (Å²) in [4.78, 5) is 0. The summed E-state index contributed by atoms with van der Waals surface area (Å²) in [6, 6.07) is 8.76. The molecule has 1 aromatic carbocycles. The maximum Gasteiger partial charge on any atom is 0.0368 e. The minimum Gasteiger partial charge on any atom is -0.369 e. The molecule has 0 aliphatic carbocycles. The van der Waals surface area contributed by atoms with Crippen LogP contribution in [0.1, 0.15) is 24.3 Å². The molecule has 2 nitrogen and oxygen atoms in total. The van der Waals surface area contributed by atoms with Gasteiger partial charge in [0.25, 0.3) is 0 Å². The highest BCUT2D eigenvalue weighted by atomic mass is 31.0. The Labute approximate surface area is 87.7 Å². The van der Waals surface area contributed by atoms with Crippen molar-refractivity contribution in [2.24, 2.45) is 0 Å². The maximum atomic E-state index is 3.39. The van der Waals surface area contributed by atoms with E-state index < -0.39 is 0 Å². The van der Waals surface area contributed by atoms with Gasteiger partial charge in [0.2, 0.25) is 0 Å². The van der Waals surface area contributed by atoms with E-state index in [1.807, 2.05) is 0 Å². The lowest BCUT2D eigenvalue weighted by Crippen LogP contribution is -2.26. The van der Waals surface area contributed by atoms with Crippen molar-refractivity contribution in [1.29, 1.82) is 0 Å². The van der Waals surface area contributed by atoms with Crippen molar-refractivity contribution in [2.45, 2.75) is 18.8 Å². The Balaban J connectivity index is 2.07. The third-order valence-corrected chi connectivity index (χ3v) is 3.22. The van der Waals surface area contributed by atoms with E-state index in [4.69, 9.17) is 0 Å². The molecule has 1 unspecified atom stereocenters. The number of nitrogens with one attached hydrogen (secondary N) is 2. The Bertz CT molecular complexity index is 278. The monoisotopic (exact) mass is 208 g/mol. The highest BCUT2D eigenvalue weighted by molar-refractivity contribution is 7.18. The van der Waals surface area contributed by atoms with Gasteiger partial charge in [0.1, 0.15) is 0 Å². The molecule has 1 fully saturated rings. The predicted octanol–water partition coefficient (Wildman–Crippen LogP) is 2.36. The molecule has 0 aromatic heterocycles. The molecule has 1 atom stereocenters. The summed E-state index contributed by atoms with van der Waals surface area (Å²) in [6.07, 6.45) is 2.54. The molecule has 1 aromatic rings. The normalized spacial score (nSPS) is 18.1. The third kappa shape index (κ3) is 2.26. The van der Waals surface area contributed by atoms with Crippen molar-refractivity contribution in [1.82, 2.24) is 5.32 Å². The molecule has 2 N–H and O–H groups in total. The molecule has 1 aliphatic heterocycles. The van der Waals surface area contributed by atoms with Crippen LogP contribution in [0, 0.1) is 0 Å². The fraction of sp³-hybridized carbons (Fsp3) is 0.455. The van der Waals surface area contributed by atoms with Gasteiger partial charge in [-0.1, -0.05) is 12.1 Å². The molecule has 76 valence electrons. The molecule has 2 rings (SSSR count). The summed E-state index contributed by atoms with van der Waals surface area (Å²) < 4.78 is 0. The number of hydrogen-bond donors (Lipinski definition) is 2. The summed E-state index contributed by atoms with van der Waals surface area (Å²) in [6.45, 7) is 2.32. The van der Waals surface area contributed by atoms with Gasteiger partial charge in [-0.2, -0.15) is 0 Å². The molecule has 1 heterocycles. The Morgan fingerprint density at radius 2 is 1.79 bits per heavy atom. The van der Waals surface area contributed by atoms with Crippen LogP contribution < -0.4 is 10.4 Å². The Morgan fingerprint density at radius 1 is 1.14 bits per heavy atom. The quantitative estimate of drug-likeness (QED) is 0.729. The molecule has 1 saturated heterocycles. The third-order valence-electron chi connectivity index (χ3n) is 2.89. The zero-order chi connectivity index (χ0) is 9.80. The van der Waals surface area contributed by atoms with Crippen LogP contribution in [0.3, 0.4) is 0 Å². The van der Waals surface area contributed by atoms with Crippen LogP contribution in [0.25, 0.3) is 0 Å². The van der Waals surface area contributed by atoms with E-state index in [0.29, 0.717) is 0 Å². The number of rotatable bonds is 2. The Hall–Kier alpha value is -0.590. The molecule has 14 heavy (non-hydrogen) atoms. The number of anilines is 1. The first-order chi connectivity index (χ1) is 6.90. The molecule has 0 bridgehead atoms. The van der Waals surface area contributed by atoms with Crippen LogP contribution in [-0.2, 0) is 0 Å². The molecular weight excluding hydrogens is 191 g/mol. The maximum absolute atomic E-state index is 3.39. The van der Waals surface area contributed by atoms with E-state index in [0.717, 1.165) is 24.7 Å². The molecule has 1 aliphatic rings. The van der Waals surface area contributed by atoms with Crippen LogP contribution in [0.15, 0.2) is 24.3 Å². The fourth-order valence-electron chi connectivity index (χ4n) is 2.01. The SMILES string of the molecule is PNc1ccc(C2CCNCC2)cc1. The molecule has 0 amide bonds. The first-order valence-corrected chi connectivity index (χ1v) is 5.75. The van der Waals surface area contributed by atoms with Crippen molar-refractivity contribution in [3.8, 4) is 0 Å². The second kappa shape index (κ2) is 4.77. The summed E-state index contributed by atoms with van der Waals surface area (Å²) >= 11 is 0. The highest BCUT2D eigenvalue weighted by Crippen LogP contribution is 2.26. The first-order valence-electron chi connectivity index (χ1n) is 5.17. The van der Waals surface area contributed by atoms with E-state index in [1.54, 1.807) is 0 Å².